The first-order valence-corrected chi connectivity index (χ1v) is 10.3. The quantitative estimate of drug-likeness (QED) is 0.489. The molecule has 164 valence electrons. The van der Waals surface area contributed by atoms with Crippen LogP contribution in [0.3, 0.4) is 0 Å². The van der Waals surface area contributed by atoms with Crippen LogP contribution in [-0.2, 0) is 4.79 Å². The molecule has 0 amide bonds. The van der Waals surface area contributed by atoms with Crippen LogP contribution in [-0.4, -0.2) is 28.3 Å². The van der Waals surface area contributed by atoms with Crippen LogP contribution in [0.4, 0.5) is 0 Å². The first-order chi connectivity index (χ1) is 13.9. The Morgan fingerprint density at radius 3 is 2.55 bits per heavy atom. The molecule has 0 radical (unpaired) electrons. The van der Waals surface area contributed by atoms with Gasteiger partial charge in [-0.2, -0.15) is 0 Å². The maximum Gasteiger partial charge on any atom is 0.335 e. The molecule has 0 saturated carbocycles. The summed E-state index contributed by atoms with van der Waals surface area (Å²) in [7, 11) is 1.57. The number of aliphatic carboxylic acids is 1. The van der Waals surface area contributed by atoms with Crippen LogP contribution < -0.4 is 4.74 Å². The number of rotatable bonds is 4. The molecule has 10 heteroatoms. The number of carboxylic acids is 1. The number of fused-ring (bicyclic) bond motifs is 1. The molecular formula is C21H18Cl4N2O3S. The van der Waals surface area contributed by atoms with Gasteiger partial charge in [-0.1, -0.05) is 47.5 Å². The molecule has 31 heavy (non-hydrogen) atoms. The third kappa shape index (κ3) is 4.69. The molecule has 0 spiro atoms. The van der Waals surface area contributed by atoms with Gasteiger partial charge in [0.2, 0.25) is 0 Å². The summed E-state index contributed by atoms with van der Waals surface area (Å²) >= 11 is 13.9. The number of halogens is 4. The van der Waals surface area contributed by atoms with Crippen LogP contribution in [0.5, 0.6) is 5.75 Å². The third-order valence-corrected chi connectivity index (χ3v) is 6.32. The first kappa shape index (κ1) is 25.4. The van der Waals surface area contributed by atoms with Crippen molar-refractivity contribution in [3.05, 3.63) is 81.1 Å². The molecule has 0 unspecified atom stereocenters. The van der Waals surface area contributed by atoms with Gasteiger partial charge in [0.15, 0.2) is 5.17 Å². The summed E-state index contributed by atoms with van der Waals surface area (Å²) in [6, 6.07) is 12.1. The SMILES string of the molecule is COc1ccccc1[C@H]1C(C(=O)O)=C(C)N=C2SC(c3ccc(Cl)cc3Cl)=CN21.Cl.Cl. The van der Waals surface area contributed by atoms with E-state index in [0.717, 1.165) is 16.0 Å². The van der Waals surface area contributed by atoms with E-state index in [0.29, 0.717) is 26.7 Å². The molecule has 1 atom stereocenters. The molecule has 0 fully saturated rings. The number of carbonyl (C=O) groups is 1. The Hall–Kier alpha value is -1.83. The first-order valence-electron chi connectivity index (χ1n) is 8.69. The van der Waals surface area contributed by atoms with E-state index >= 15 is 0 Å². The lowest BCUT2D eigenvalue weighted by Crippen LogP contribution is -2.33. The van der Waals surface area contributed by atoms with E-state index in [1.807, 2.05) is 41.4 Å². The second kappa shape index (κ2) is 10.2. The van der Waals surface area contributed by atoms with Crippen molar-refractivity contribution >= 4 is 75.8 Å². The van der Waals surface area contributed by atoms with Crippen LogP contribution in [0.2, 0.25) is 10.0 Å². The van der Waals surface area contributed by atoms with Gasteiger partial charge in [0.1, 0.15) is 5.75 Å². The van der Waals surface area contributed by atoms with Gasteiger partial charge in [-0.15, -0.1) is 24.8 Å². The van der Waals surface area contributed by atoms with Crippen LogP contribution in [0.1, 0.15) is 24.1 Å². The summed E-state index contributed by atoms with van der Waals surface area (Å²) in [5.74, 6) is -0.403. The number of para-hydroxylation sites is 1. The summed E-state index contributed by atoms with van der Waals surface area (Å²) < 4.78 is 5.51. The number of hydrogen-bond donors (Lipinski definition) is 1. The number of thioether (sulfide) groups is 1. The normalized spacial score (nSPS) is 17.2. The van der Waals surface area contributed by atoms with E-state index in [4.69, 9.17) is 27.9 Å². The second-order valence-electron chi connectivity index (χ2n) is 6.47. The second-order valence-corrected chi connectivity index (χ2v) is 8.32. The predicted octanol–water partition coefficient (Wildman–Crippen LogP) is 6.66. The molecule has 2 aromatic rings. The largest absolute Gasteiger partial charge is 0.496 e. The summed E-state index contributed by atoms with van der Waals surface area (Å²) in [5, 5.41) is 11.7. The van der Waals surface area contributed by atoms with E-state index in [1.54, 1.807) is 26.2 Å². The molecule has 0 aliphatic carbocycles. The van der Waals surface area contributed by atoms with Crippen molar-refractivity contribution in [1.29, 1.82) is 0 Å². The molecule has 2 aliphatic heterocycles. The average Bonchev–Trinajstić information content (AvgIpc) is 3.09. The Labute approximate surface area is 206 Å². The van der Waals surface area contributed by atoms with Gasteiger partial charge in [0.25, 0.3) is 0 Å². The fraction of sp³-hybridized carbons (Fsp3) is 0.143. The van der Waals surface area contributed by atoms with Crippen LogP contribution >= 0.6 is 59.8 Å². The van der Waals surface area contributed by atoms with Crippen molar-refractivity contribution in [2.45, 2.75) is 13.0 Å². The zero-order valence-electron chi connectivity index (χ0n) is 16.3. The highest BCUT2D eigenvalue weighted by Crippen LogP contribution is 2.48. The Morgan fingerprint density at radius 2 is 1.90 bits per heavy atom. The number of aliphatic imine (C=N–C) groups is 1. The smallest absolute Gasteiger partial charge is 0.335 e. The molecule has 5 nitrogen and oxygen atoms in total. The summed E-state index contributed by atoms with van der Waals surface area (Å²) in [6.07, 6.45) is 1.88. The minimum absolute atomic E-state index is 0. The van der Waals surface area contributed by atoms with Crippen molar-refractivity contribution in [2.75, 3.05) is 7.11 Å². The van der Waals surface area contributed by atoms with E-state index in [1.165, 1.54) is 11.8 Å². The van der Waals surface area contributed by atoms with Gasteiger partial charge in [-0.25, -0.2) is 9.79 Å². The Balaban J connectivity index is 0.00000171. The number of ether oxygens (including phenoxy) is 1. The van der Waals surface area contributed by atoms with E-state index in [2.05, 4.69) is 4.99 Å². The summed E-state index contributed by atoms with van der Waals surface area (Å²) in [6.45, 7) is 1.71. The molecule has 0 saturated heterocycles. The number of carboxylic acid groups (broad SMARTS) is 1. The Morgan fingerprint density at radius 1 is 1.19 bits per heavy atom. The lowest BCUT2D eigenvalue weighted by Gasteiger charge is -2.33. The highest BCUT2D eigenvalue weighted by molar-refractivity contribution is 8.22. The maximum absolute atomic E-state index is 12.1. The Bertz CT molecular complexity index is 1120. The topological polar surface area (TPSA) is 62.1 Å². The fourth-order valence-corrected chi connectivity index (χ4v) is 5.11. The number of benzene rings is 2. The van der Waals surface area contributed by atoms with Crippen molar-refractivity contribution in [3.8, 4) is 5.75 Å². The highest BCUT2D eigenvalue weighted by atomic mass is 35.5. The number of methoxy groups -OCH3 is 1. The fourth-order valence-electron chi connectivity index (χ4n) is 3.45. The minimum Gasteiger partial charge on any atom is -0.496 e. The van der Waals surface area contributed by atoms with Crippen LogP contribution in [0, 0.1) is 0 Å². The number of amidine groups is 1. The zero-order chi connectivity index (χ0) is 20.7. The Kier molecular flexibility index (Phi) is 8.36. The molecule has 0 aromatic heterocycles. The van der Waals surface area contributed by atoms with Gasteiger partial charge < -0.3 is 14.7 Å². The molecular weight excluding hydrogens is 502 g/mol. The van der Waals surface area contributed by atoms with Gasteiger partial charge in [0, 0.05) is 27.3 Å². The lowest BCUT2D eigenvalue weighted by atomic mass is 9.94. The molecule has 1 N–H and O–H groups in total. The van der Waals surface area contributed by atoms with Crippen LogP contribution in [0.15, 0.2) is 64.9 Å². The highest BCUT2D eigenvalue weighted by Gasteiger charge is 2.40. The lowest BCUT2D eigenvalue weighted by molar-refractivity contribution is -0.133. The molecule has 2 aliphatic rings. The maximum atomic E-state index is 12.1. The van der Waals surface area contributed by atoms with Crippen LogP contribution in [0.25, 0.3) is 4.91 Å². The monoisotopic (exact) mass is 518 g/mol. The van der Waals surface area contributed by atoms with Gasteiger partial charge >= 0.3 is 5.97 Å². The summed E-state index contributed by atoms with van der Waals surface area (Å²) in [4.78, 5) is 19.4. The van der Waals surface area contributed by atoms with E-state index in [9.17, 15) is 9.90 Å². The minimum atomic E-state index is -1.02. The van der Waals surface area contributed by atoms with Crippen molar-refractivity contribution < 1.29 is 14.6 Å². The van der Waals surface area contributed by atoms with E-state index in [-0.39, 0.29) is 30.4 Å². The third-order valence-electron chi connectivity index (χ3n) is 4.74. The molecule has 4 rings (SSSR count). The standard InChI is InChI=1S/C21H16Cl2N2O3S.2ClH/c1-11-18(20(26)27)19(14-5-3-4-6-16(14)28-2)25-10-17(29-21(25)24-11)13-8-7-12(22)9-15(13)23;;/h3-10,19H,1-2H3,(H,26,27);2*1H/t19-;;/m0../s1. The van der Waals surface area contributed by atoms with Crippen molar-refractivity contribution in [2.24, 2.45) is 4.99 Å². The number of hydrogen-bond acceptors (Lipinski definition) is 5. The number of allylic oxidation sites excluding steroid dienone is 1. The molecule has 2 aromatic carbocycles. The van der Waals surface area contributed by atoms with Crippen molar-refractivity contribution in [1.82, 2.24) is 4.90 Å². The van der Waals surface area contributed by atoms with E-state index < -0.39 is 12.0 Å². The molecule has 2 heterocycles. The summed E-state index contributed by atoms with van der Waals surface area (Å²) in [5.41, 5.74) is 2.23. The predicted molar refractivity (Wildman–Crippen MR) is 132 cm³/mol. The zero-order valence-corrected chi connectivity index (χ0v) is 20.3. The number of nitrogens with zero attached hydrogens (tertiary/aromatic N) is 2. The van der Waals surface area contributed by atoms with Gasteiger partial charge in [0.05, 0.1) is 29.4 Å². The van der Waals surface area contributed by atoms with Gasteiger partial charge in [-0.05, 0) is 36.9 Å². The average molecular weight is 520 g/mol. The van der Waals surface area contributed by atoms with Crippen molar-refractivity contribution in [3.63, 3.8) is 0 Å². The van der Waals surface area contributed by atoms with Gasteiger partial charge in [-0.3, -0.25) is 0 Å². The molecule has 0 bridgehead atoms.